The molecule has 0 amide bonds. The number of phenolic OH excluding ortho intramolecular Hbond substituents is 1. The van der Waals surface area contributed by atoms with Gasteiger partial charge in [0.25, 0.3) is 0 Å². The Morgan fingerprint density at radius 1 is 1.00 bits per heavy atom. The Labute approximate surface area is 236 Å². The normalized spacial score (nSPS) is 16.3. The number of phenols is 1. The highest BCUT2D eigenvalue weighted by atomic mass is 35.5. The maximum atomic E-state index is 11.1. The van der Waals surface area contributed by atoms with Gasteiger partial charge < -0.3 is 24.2 Å². The predicted octanol–water partition coefficient (Wildman–Crippen LogP) is 5.42. The molecule has 3 aliphatic rings. The van der Waals surface area contributed by atoms with Crippen LogP contribution in [0.3, 0.4) is 0 Å². The number of benzene rings is 3. The van der Waals surface area contributed by atoms with Crippen LogP contribution in [-0.2, 0) is 19.5 Å². The van der Waals surface area contributed by atoms with E-state index in [4.69, 9.17) is 37.4 Å². The first-order chi connectivity index (χ1) is 19.0. The van der Waals surface area contributed by atoms with Crippen LogP contribution in [0.5, 0.6) is 23.0 Å². The number of pyridine rings is 1. The quantitative estimate of drug-likeness (QED) is 0.334. The average Bonchev–Trinajstić information content (AvgIpc) is 3.42. The van der Waals surface area contributed by atoms with E-state index in [0.29, 0.717) is 15.8 Å². The minimum atomic E-state index is 0.170. The Morgan fingerprint density at radius 2 is 1.79 bits per heavy atom. The van der Waals surface area contributed by atoms with Gasteiger partial charge in [0.1, 0.15) is 0 Å². The van der Waals surface area contributed by atoms with E-state index in [0.717, 1.165) is 90.5 Å². The van der Waals surface area contributed by atoms with Gasteiger partial charge in [-0.15, -0.1) is 0 Å². The molecule has 0 atom stereocenters. The maximum absolute atomic E-state index is 11.1. The summed E-state index contributed by atoms with van der Waals surface area (Å²) in [5, 5.41) is 14.1. The van der Waals surface area contributed by atoms with Gasteiger partial charge in [-0.05, 0) is 41.5 Å². The van der Waals surface area contributed by atoms with Gasteiger partial charge in [0.05, 0.1) is 33.8 Å². The van der Waals surface area contributed by atoms with E-state index in [1.807, 2.05) is 24.3 Å². The molecule has 4 aromatic rings. The van der Waals surface area contributed by atoms with Crippen LogP contribution in [0, 0.1) is 0 Å². The molecule has 0 bridgehead atoms. The topological polar surface area (TPSA) is 58.3 Å². The van der Waals surface area contributed by atoms with Crippen LogP contribution >= 0.6 is 23.2 Å². The standard InChI is InChI=1S/C30H27Cl2N3O4/c1-37-28-12-19(15-33-7-9-34(10-8-33)24-4-2-3-23(31)29(24)32)20-13-25-21-14-27-26(38-17-39-27)11-18(21)5-6-35(25)16-22(20)30(28)36/h2-4,11-14,16H,5-10,15,17H2,1H3/p+1. The average molecular weight is 565 g/mol. The first kappa shape index (κ1) is 24.6. The second-order valence-electron chi connectivity index (χ2n) is 10.2. The molecule has 0 radical (unpaired) electrons. The Morgan fingerprint density at radius 3 is 2.59 bits per heavy atom. The third-order valence-electron chi connectivity index (χ3n) is 8.06. The number of piperazine rings is 1. The molecule has 1 N–H and O–H groups in total. The summed E-state index contributed by atoms with van der Waals surface area (Å²) in [7, 11) is 1.60. The van der Waals surface area contributed by atoms with Crippen LogP contribution in [0.1, 0.15) is 11.1 Å². The monoisotopic (exact) mass is 564 g/mol. The zero-order chi connectivity index (χ0) is 26.7. The first-order valence-corrected chi connectivity index (χ1v) is 13.9. The van der Waals surface area contributed by atoms with E-state index >= 15 is 0 Å². The van der Waals surface area contributed by atoms with Gasteiger partial charge >= 0.3 is 0 Å². The third-order valence-corrected chi connectivity index (χ3v) is 8.87. The van der Waals surface area contributed by atoms with E-state index in [-0.39, 0.29) is 12.5 Å². The zero-order valence-corrected chi connectivity index (χ0v) is 23.1. The minimum absolute atomic E-state index is 0.170. The van der Waals surface area contributed by atoms with E-state index in [9.17, 15) is 5.11 Å². The molecule has 200 valence electrons. The van der Waals surface area contributed by atoms with Crippen molar-refractivity contribution in [2.75, 3.05) is 45.0 Å². The van der Waals surface area contributed by atoms with Crippen LogP contribution in [0.15, 0.2) is 48.7 Å². The SMILES string of the molecule is COc1cc(CN2CCN(c3cccc(Cl)c3Cl)CC2)c2cc3[n+](cc2c1O)CCc1cc2c(cc1-3)OCO2. The molecular weight excluding hydrogens is 537 g/mol. The van der Waals surface area contributed by atoms with Gasteiger partial charge in [0.2, 0.25) is 12.5 Å². The van der Waals surface area contributed by atoms with Crippen molar-refractivity contribution in [2.24, 2.45) is 0 Å². The van der Waals surface area contributed by atoms with Crippen molar-refractivity contribution in [3.63, 3.8) is 0 Å². The number of fused-ring (bicyclic) bond motifs is 5. The van der Waals surface area contributed by atoms with Gasteiger partial charge in [0.15, 0.2) is 35.7 Å². The van der Waals surface area contributed by atoms with Crippen molar-refractivity contribution in [2.45, 2.75) is 19.5 Å². The summed E-state index contributed by atoms with van der Waals surface area (Å²) in [6.07, 6.45) is 2.94. The summed E-state index contributed by atoms with van der Waals surface area (Å²) in [5.74, 6) is 2.24. The molecule has 1 saturated heterocycles. The molecule has 9 heteroatoms. The fourth-order valence-corrected chi connectivity index (χ4v) is 6.40. The van der Waals surface area contributed by atoms with Crippen LogP contribution < -0.4 is 23.7 Å². The zero-order valence-electron chi connectivity index (χ0n) is 21.5. The van der Waals surface area contributed by atoms with Gasteiger partial charge in [0, 0.05) is 50.6 Å². The third kappa shape index (κ3) is 4.20. The number of anilines is 1. The number of aromatic nitrogens is 1. The lowest BCUT2D eigenvalue weighted by molar-refractivity contribution is -0.686. The molecular formula is C30H28Cl2N3O4+. The summed E-state index contributed by atoms with van der Waals surface area (Å²) < 4.78 is 19.1. The van der Waals surface area contributed by atoms with Crippen molar-refractivity contribution >= 4 is 39.7 Å². The number of nitrogens with zero attached hydrogens (tertiary/aromatic N) is 3. The lowest BCUT2D eigenvalue weighted by Crippen LogP contribution is -2.46. The minimum Gasteiger partial charge on any atom is -0.504 e. The number of hydrogen-bond acceptors (Lipinski definition) is 6. The largest absolute Gasteiger partial charge is 0.504 e. The van der Waals surface area contributed by atoms with Crippen LogP contribution in [0.4, 0.5) is 5.69 Å². The molecule has 4 heterocycles. The summed E-state index contributed by atoms with van der Waals surface area (Å²) in [4.78, 5) is 4.72. The number of aryl methyl sites for hydroxylation is 2. The lowest BCUT2D eigenvalue weighted by atomic mass is 9.94. The number of methoxy groups -OCH3 is 1. The Balaban J connectivity index is 1.23. The van der Waals surface area contributed by atoms with E-state index in [2.05, 4.69) is 38.8 Å². The fraction of sp³-hybridized carbons (Fsp3) is 0.300. The number of halogens is 2. The Hall–Kier alpha value is -3.39. The van der Waals surface area contributed by atoms with Crippen molar-refractivity contribution in [3.05, 3.63) is 69.8 Å². The summed E-state index contributed by atoms with van der Waals surface area (Å²) in [5.41, 5.74) is 5.58. The van der Waals surface area contributed by atoms with Gasteiger partial charge in [-0.1, -0.05) is 29.3 Å². The number of rotatable bonds is 4. The Bertz CT molecular complexity index is 1620. The van der Waals surface area contributed by atoms with Crippen LogP contribution in [-0.4, -0.2) is 50.1 Å². The molecule has 1 aromatic heterocycles. The smallest absolute Gasteiger partial charge is 0.231 e. The van der Waals surface area contributed by atoms with Crippen LogP contribution in [0.2, 0.25) is 10.0 Å². The molecule has 7 rings (SSSR count). The molecule has 0 saturated carbocycles. The fourth-order valence-electron chi connectivity index (χ4n) is 5.98. The number of aromatic hydroxyl groups is 1. The van der Waals surface area contributed by atoms with E-state index < -0.39 is 0 Å². The molecule has 0 unspecified atom stereocenters. The maximum Gasteiger partial charge on any atom is 0.231 e. The van der Waals surface area contributed by atoms with Crippen LogP contribution in [0.25, 0.3) is 22.0 Å². The Kier molecular flexibility index (Phi) is 6.10. The molecule has 1 fully saturated rings. The highest BCUT2D eigenvalue weighted by molar-refractivity contribution is 6.43. The molecule has 0 spiro atoms. The second kappa shape index (κ2) is 9.66. The number of ether oxygens (including phenoxy) is 3. The summed E-state index contributed by atoms with van der Waals surface area (Å²) in [6, 6.07) is 14.1. The molecule has 3 aromatic carbocycles. The van der Waals surface area contributed by atoms with Gasteiger partial charge in [-0.3, -0.25) is 4.90 Å². The lowest BCUT2D eigenvalue weighted by Gasteiger charge is -2.36. The molecule has 3 aliphatic heterocycles. The first-order valence-electron chi connectivity index (χ1n) is 13.1. The highest BCUT2D eigenvalue weighted by Crippen LogP contribution is 2.42. The molecule has 7 nitrogen and oxygen atoms in total. The van der Waals surface area contributed by atoms with E-state index in [1.54, 1.807) is 7.11 Å². The highest BCUT2D eigenvalue weighted by Gasteiger charge is 2.30. The van der Waals surface area contributed by atoms with E-state index in [1.165, 1.54) is 5.56 Å². The van der Waals surface area contributed by atoms with Crippen molar-refractivity contribution in [3.8, 4) is 34.3 Å². The van der Waals surface area contributed by atoms with Crippen molar-refractivity contribution in [1.29, 1.82) is 0 Å². The van der Waals surface area contributed by atoms with Gasteiger partial charge in [-0.2, -0.15) is 4.57 Å². The number of hydrogen-bond donors (Lipinski definition) is 1. The second-order valence-corrected chi connectivity index (χ2v) is 11.0. The van der Waals surface area contributed by atoms with Gasteiger partial charge in [-0.25, -0.2) is 0 Å². The van der Waals surface area contributed by atoms with Crippen molar-refractivity contribution in [1.82, 2.24) is 4.90 Å². The molecule has 0 aliphatic carbocycles. The molecule has 39 heavy (non-hydrogen) atoms. The summed E-state index contributed by atoms with van der Waals surface area (Å²) in [6.45, 7) is 5.25. The van der Waals surface area contributed by atoms with Crippen molar-refractivity contribution < 1.29 is 23.9 Å². The predicted molar refractivity (Wildman–Crippen MR) is 152 cm³/mol. The summed E-state index contributed by atoms with van der Waals surface area (Å²) >= 11 is 12.7.